The average molecular weight is 257 g/mol. The van der Waals surface area contributed by atoms with Gasteiger partial charge >= 0.3 is 0 Å². The highest BCUT2D eigenvalue weighted by molar-refractivity contribution is 5.18. The van der Waals surface area contributed by atoms with Gasteiger partial charge in [0.15, 0.2) is 0 Å². The summed E-state index contributed by atoms with van der Waals surface area (Å²) in [4.78, 5) is 10.4. The lowest BCUT2D eigenvalue weighted by atomic mass is 9.91. The Balaban J connectivity index is 1.50. The molecule has 1 aromatic heterocycles. The maximum atomic E-state index is 13.5. The quantitative estimate of drug-likeness (QED) is 0.841. The molecule has 1 saturated heterocycles. The molecule has 3 rings (SSSR count). The first-order chi connectivity index (χ1) is 9.31. The number of benzene rings is 1. The minimum Gasteiger partial charge on any atom is -0.298 e. The molecule has 4 heteroatoms. The molecule has 0 radical (unpaired) electrons. The molecule has 19 heavy (non-hydrogen) atoms. The monoisotopic (exact) mass is 257 g/mol. The van der Waals surface area contributed by atoms with E-state index in [2.05, 4.69) is 14.9 Å². The fourth-order valence-corrected chi connectivity index (χ4v) is 2.58. The van der Waals surface area contributed by atoms with Crippen molar-refractivity contribution >= 4 is 0 Å². The second-order valence-electron chi connectivity index (χ2n) is 5.10. The van der Waals surface area contributed by atoms with Crippen molar-refractivity contribution in [3.8, 4) is 0 Å². The van der Waals surface area contributed by atoms with Gasteiger partial charge in [-0.25, -0.2) is 14.4 Å². The molecule has 1 fully saturated rings. The van der Waals surface area contributed by atoms with E-state index in [-0.39, 0.29) is 5.82 Å². The predicted molar refractivity (Wildman–Crippen MR) is 70.9 cm³/mol. The fraction of sp³-hybridized carbons (Fsp3) is 0.333. The summed E-state index contributed by atoms with van der Waals surface area (Å²) in [5, 5.41) is 0. The van der Waals surface area contributed by atoms with E-state index in [0.29, 0.717) is 5.92 Å². The molecule has 0 spiro atoms. The van der Waals surface area contributed by atoms with E-state index in [0.717, 1.165) is 37.2 Å². The first-order valence-corrected chi connectivity index (χ1v) is 6.51. The summed E-state index contributed by atoms with van der Waals surface area (Å²) in [5.74, 6) is 0.471. The summed E-state index contributed by atoms with van der Waals surface area (Å²) in [6.45, 7) is 2.92. The highest BCUT2D eigenvalue weighted by atomic mass is 19.1. The van der Waals surface area contributed by atoms with Gasteiger partial charge in [-0.05, 0) is 24.0 Å². The molecule has 98 valence electrons. The lowest BCUT2D eigenvalue weighted by Gasteiger charge is -2.39. The molecular weight excluding hydrogens is 241 g/mol. The summed E-state index contributed by atoms with van der Waals surface area (Å²) in [5.41, 5.74) is 1.96. The number of nitrogens with zero attached hydrogens (tertiary/aromatic N) is 3. The Labute approximate surface area is 112 Å². The van der Waals surface area contributed by atoms with Crippen molar-refractivity contribution in [2.45, 2.75) is 13.0 Å². The van der Waals surface area contributed by atoms with E-state index >= 15 is 0 Å². The van der Waals surface area contributed by atoms with E-state index in [1.807, 2.05) is 24.5 Å². The zero-order valence-electron chi connectivity index (χ0n) is 10.7. The number of likely N-dealkylation sites (tertiary alicyclic amines) is 1. The molecular formula is C15H16FN3. The number of aromatic nitrogens is 2. The molecule has 3 nitrogen and oxygen atoms in total. The van der Waals surface area contributed by atoms with Crippen LogP contribution in [0.4, 0.5) is 4.39 Å². The summed E-state index contributed by atoms with van der Waals surface area (Å²) >= 11 is 0. The molecule has 0 atom stereocenters. The molecule has 0 N–H and O–H groups in total. The standard InChI is InChI=1S/C15H16FN3/c16-15-4-2-1-3-14(15)5-12-8-19(9-12)10-13-6-17-11-18-7-13/h1-4,6-7,11-12H,5,8-10H2. The van der Waals surface area contributed by atoms with Crippen LogP contribution in [-0.2, 0) is 13.0 Å². The van der Waals surface area contributed by atoms with Crippen LogP contribution in [0.15, 0.2) is 43.0 Å². The van der Waals surface area contributed by atoms with E-state index in [4.69, 9.17) is 0 Å². The smallest absolute Gasteiger partial charge is 0.126 e. The van der Waals surface area contributed by atoms with Crippen molar-refractivity contribution in [1.82, 2.24) is 14.9 Å². The molecule has 0 bridgehead atoms. The number of rotatable bonds is 4. The van der Waals surface area contributed by atoms with Crippen LogP contribution in [0, 0.1) is 11.7 Å². The largest absolute Gasteiger partial charge is 0.298 e. The lowest BCUT2D eigenvalue weighted by molar-refractivity contribution is 0.0918. The highest BCUT2D eigenvalue weighted by Gasteiger charge is 2.27. The van der Waals surface area contributed by atoms with Crippen molar-refractivity contribution in [1.29, 1.82) is 0 Å². The van der Waals surface area contributed by atoms with Gasteiger partial charge in [-0.3, -0.25) is 4.90 Å². The molecule has 0 amide bonds. The Morgan fingerprint density at radius 1 is 1.16 bits per heavy atom. The molecule has 2 aromatic rings. The molecule has 2 heterocycles. The van der Waals surface area contributed by atoms with Crippen LogP contribution in [0.25, 0.3) is 0 Å². The lowest BCUT2D eigenvalue weighted by Crippen LogP contribution is -2.46. The SMILES string of the molecule is Fc1ccccc1CC1CN(Cc2cncnc2)C1. The topological polar surface area (TPSA) is 29.0 Å². The maximum Gasteiger partial charge on any atom is 0.126 e. The first-order valence-electron chi connectivity index (χ1n) is 6.51. The van der Waals surface area contributed by atoms with Gasteiger partial charge in [-0.15, -0.1) is 0 Å². The minimum absolute atomic E-state index is 0.0857. The van der Waals surface area contributed by atoms with Crippen LogP contribution < -0.4 is 0 Å². The van der Waals surface area contributed by atoms with E-state index < -0.39 is 0 Å². The minimum atomic E-state index is -0.0857. The van der Waals surface area contributed by atoms with Crippen molar-refractivity contribution in [3.05, 3.63) is 59.9 Å². The van der Waals surface area contributed by atoms with Gasteiger partial charge in [0.2, 0.25) is 0 Å². The number of hydrogen-bond donors (Lipinski definition) is 0. The van der Waals surface area contributed by atoms with E-state index in [1.165, 1.54) is 6.07 Å². The second kappa shape index (κ2) is 5.45. The Morgan fingerprint density at radius 3 is 2.63 bits per heavy atom. The fourth-order valence-electron chi connectivity index (χ4n) is 2.58. The van der Waals surface area contributed by atoms with Gasteiger partial charge in [0.05, 0.1) is 0 Å². The Hall–Kier alpha value is -1.81. The molecule has 0 saturated carbocycles. The Kier molecular flexibility index (Phi) is 3.51. The van der Waals surface area contributed by atoms with Crippen LogP contribution in [0.5, 0.6) is 0 Å². The molecule has 1 aliphatic heterocycles. The average Bonchev–Trinajstić information content (AvgIpc) is 2.40. The second-order valence-corrected chi connectivity index (χ2v) is 5.10. The molecule has 0 unspecified atom stereocenters. The summed E-state index contributed by atoms with van der Waals surface area (Å²) < 4.78 is 13.5. The third kappa shape index (κ3) is 2.96. The van der Waals surface area contributed by atoms with Gasteiger partial charge in [0, 0.05) is 37.6 Å². The molecule has 0 aliphatic carbocycles. The van der Waals surface area contributed by atoms with Crippen molar-refractivity contribution in [2.75, 3.05) is 13.1 Å². The van der Waals surface area contributed by atoms with Gasteiger partial charge in [0.1, 0.15) is 12.1 Å². The Bertz CT molecular complexity index is 538. The maximum absolute atomic E-state index is 13.5. The van der Waals surface area contributed by atoms with Gasteiger partial charge in [0.25, 0.3) is 0 Å². The van der Waals surface area contributed by atoms with Crippen molar-refractivity contribution in [3.63, 3.8) is 0 Å². The zero-order chi connectivity index (χ0) is 13.1. The van der Waals surface area contributed by atoms with Crippen LogP contribution in [0.2, 0.25) is 0 Å². The summed E-state index contributed by atoms with van der Waals surface area (Å²) in [6, 6.07) is 7.05. The van der Waals surface area contributed by atoms with Gasteiger partial charge in [-0.1, -0.05) is 18.2 Å². The number of halogens is 1. The summed E-state index contributed by atoms with van der Waals surface area (Å²) in [7, 11) is 0. The van der Waals surface area contributed by atoms with Crippen LogP contribution >= 0.6 is 0 Å². The van der Waals surface area contributed by atoms with E-state index in [9.17, 15) is 4.39 Å². The third-order valence-corrected chi connectivity index (χ3v) is 3.52. The van der Waals surface area contributed by atoms with Crippen molar-refractivity contribution < 1.29 is 4.39 Å². The van der Waals surface area contributed by atoms with Crippen molar-refractivity contribution in [2.24, 2.45) is 5.92 Å². The van der Waals surface area contributed by atoms with Crippen LogP contribution in [-0.4, -0.2) is 28.0 Å². The summed E-state index contributed by atoms with van der Waals surface area (Å²) in [6.07, 6.45) is 6.06. The normalized spacial score (nSPS) is 16.3. The zero-order valence-corrected chi connectivity index (χ0v) is 10.7. The highest BCUT2D eigenvalue weighted by Crippen LogP contribution is 2.23. The Morgan fingerprint density at radius 2 is 1.89 bits per heavy atom. The first kappa shape index (κ1) is 12.2. The molecule has 1 aromatic carbocycles. The third-order valence-electron chi connectivity index (χ3n) is 3.52. The number of hydrogen-bond acceptors (Lipinski definition) is 3. The predicted octanol–water partition coefficient (Wildman–Crippen LogP) is 2.29. The van der Waals surface area contributed by atoms with Gasteiger partial charge in [-0.2, -0.15) is 0 Å². The van der Waals surface area contributed by atoms with Crippen LogP contribution in [0.1, 0.15) is 11.1 Å². The van der Waals surface area contributed by atoms with E-state index in [1.54, 1.807) is 12.4 Å². The van der Waals surface area contributed by atoms with Gasteiger partial charge < -0.3 is 0 Å². The molecule has 1 aliphatic rings. The van der Waals surface area contributed by atoms with Crippen LogP contribution in [0.3, 0.4) is 0 Å².